The highest BCUT2D eigenvalue weighted by Crippen LogP contribution is 2.27. The van der Waals surface area contributed by atoms with Crippen LogP contribution in [0.4, 0.5) is 0 Å². The monoisotopic (exact) mass is 494 g/mol. The van der Waals surface area contributed by atoms with Crippen LogP contribution < -0.4 is 5.32 Å². The summed E-state index contributed by atoms with van der Waals surface area (Å²) >= 11 is 2.56. The number of ether oxygens (including phenoxy) is 1. The van der Waals surface area contributed by atoms with Crippen LogP contribution in [-0.4, -0.2) is 55.1 Å². The maximum absolute atomic E-state index is 12.8. The summed E-state index contributed by atoms with van der Waals surface area (Å²) in [5.41, 5.74) is 1.23. The van der Waals surface area contributed by atoms with Crippen LogP contribution in [0.25, 0.3) is 0 Å². The molecule has 4 heterocycles. The first kappa shape index (κ1) is 22.9. The molecule has 12 heteroatoms. The van der Waals surface area contributed by atoms with Gasteiger partial charge in [0.25, 0.3) is 15.9 Å². The van der Waals surface area contributed by atoms with Gasteiger partial charge < -0.3 is 14.6 Å². The van der Waals surface area contributed by atoms with Crippen LogP contribution in [0.3, 0.4) is 0 Å². The van der Waals surface area contributed by atoms with Crippen molar-refractivity contribution in [2.45, 2.75) is 28.5 Å². The smallest absolute Gasteiger partial charge is 0.254 e. The zero-order chi connectivity index (χ0) is 22.6. The molecule has 0 spiro atoms. The van der Waals surface area contributed by atoms with Gasteiger partial charge in [0, 0.05) is 36.0 Å². The van der Waals surface area contributed by atoms with E-state index in [1.165, 1.54) is 16.1 Å². The van der Waals surface area contributed by atoms with Crippen molar-refractivity contribution in [3.8, 4) is 0 Å². The van der Waals surface area contributed by atoms with Crippen molar-refractivity contribution in [2.75, 3.05) is 26.3 Å². The topological polar surface area (TPSA) is 115 Å². The van der Waals surface area contributed by atoms with Crippen molar-refractivity contribution in [2.24, 2.45) is 0 Å². The van der Waals surface area contributed by atoms with E-state index < -0.39 is 10.0 Å². The van der Waals surface area contributed by atoms with Gasteiger partial charge in [-0.2, -0.15) is 4.31 Å². The second-order valence-corrected chi connectivity index (χ2v) is 11.3. The molecule has 1 N–H and O–H groups in total. The number of thiophene rings is 1. The van der Waals surface area contributed by atoms with Crippen LogP contribution in [0, 0.1) is 6.92 Å². The van der Waals surface area contributed by atoms with Crippen molar-refractivity contribution < 1.29 is 22.5 Å². The molecule has 3 aromatic rings. The van der Waals surface area contributed by atoms with Crippen LogP contribution >= 0.6 is 23.1 Å². The van der Waals surface area contributed by atoms with E-state index in [4.69, 9.17) is 9.26 Å². The summed E-state index contributed by atoms with van der Waals surface area (Å²) in [5.74, 6) is 0.982. The molecular weight excluding hydrogens is 472 g/mol. The van der Waals surface area contributed by atoms with Gasteiger partial charge >= 0.3 is 0 Å². The number of amides is 1. The number of rotatable bonds is 8. The number of carbonyl (C=O) groups is 1. The SMILES string of the molecule is Cc1cc(CSc2ncccc2C(=O)NCc2ccc(S(=O)(=O)N3CCOCC3)s2)no1. The lowest BCUT2D eigenvalue weighted by Gasteiger charge is -2.25. The number of thioether (sulfide) groups is 1. The number of sulfonamides is 1. The lowest BCUT2D eigenvalue weighted by atomic mass is 10.2. The van der Waals surface area contributed by atoms with Gasteiger partial charge in [-0.3, -0.25) is 4.79 Å². The highest BCUT2D eigenvalue weighted by molar-refractivity contribution is 7.98. The first-order chi connectivity index (χ1) is 15.4. The van der Waals surface area contributed by atoms with E-state index in [0.717, 1.165) is 27.7 Å². The van der Waals surface area contributed by atoms with Crippen molar-refractivity contribution in [1.82, 2.24) is 19.8 Å². The van der Waals surface area contributed by atoms with Crippen molar-refractivity contribution in [3.05, 3.63) is 58.4 Å². The van der Waals surface area contributed by atoms with Crippen molar-refractivity contribution in [3.63, 3.8) is 0 Å². The van der Waals surface area contributed by atoms with Gasteiger partial charge in [0.1, 0.15) is 15.0 Å². The second kappa shape index (κ2) is 10.1. The molecule has 1 aliphatic heterocycles. The quantitative estimate of drug-likeness (QED) is 0.476. The minimum Gasteiger partial charge on any atom is -0.379 e. The van der Waals surface area contributed by atoms with Crippen LogP contribution in [0.2, 0.25) is 0 Å². The largest absolute Gasteiger partial charge is 0.379 e. The molecule has 1 saturated heterocycles. The predicted molar refractivity (Wildman–Crippen MR) is 120 cm³/mol. The molecular formula is C20H22N4O5S3. The standard InChI is InChI=1S/C20H22N4O5S3/c1-14-11-15(23-29-14)13-30-20-17(3-2-6-21-20)19(25)22-12-16-4-5-18(31-16)32(26,27)24-7-9-28-10-8-24/h2-6,11H,7-10,12-13H2,1H3,(H,22,25). The van der Waals surface area contributed by atoms with Gasteiger partial charge in [-0.1, -0.05) is 16.9 Å². The van der Waals surface area contributed by atoms with Gasteiger partial charge in [0.2, 0.25) is 0 Å². The number of hydrogen-bond acceptors (Lipinski definition) is 9. The molecule has 0 aliphatic carbocycles. The number of aryl methyl sites for hydroxylation is 1. The summed E-state index contributed by atoms with van der Waals surface area (Å²) in [6.45, 7) is 3.54. The first-order valence-electron chi connectivity index (χ1n) is 9.88. The van der Waals surface area contributed by atoms with Gasteiger partial charge in [-0.05, 0) is 31.2 Å². The molecule has 1 amide bonds. The van der Waals surface area contributed by atoms with E-state index >= 15 is 0 Å². The summed E-state index contributed by atoms with van der Waals surface area (Å²) in [7, 11) is -3.54. The predicted octanol–water partition coefficient (Wildman–Crippen LogP) is 2.68. The molecule has 0 aromatic carbocycles. The summed E-state index contributed by atoms with van der Waals surface area (Å²) in [6.07, 6.45) is 1.63. The highest BCUT2D eigenvalue weighted by Gasteiger charge is 2.27. The summed E-state index contributed by atoms with van der Waals surface area (Å²) in [4.78, 5) is 17.8. The lowest BCUT2D eigenvalue weighted by Crippen LogP contribution is -2.40. The Hall–Kier alpha value is -2.25. The average Bonchev–Trinajstić information content (AvgIpc) is 3.46. The van der Waals surface area contributed by atoms with Crippen molar-refractivity contribution in [1.29, 1.82) is 0 Å². The van der Waals surface area contributed by atoms with E-state index in [1.807, 2.05) is 13.0 Å². The zero-order valence-electron chi connectivity index (χ0n) is 17.3. The Morgan fingerprint density at radius 1 is 1.28 bits per heavy atom. The van der Waals surface area contributed by atoms with Gasteiger partial charge in [0.15, 0.2) is 0 Å². The number of nitrogens with one attached hydrogen (secondary N) is 1. The molecule has 0 atom stereocenters. The Balaban J connectivity index is 1.38. The van der Waals surface area contributed by atoms with Gasteiger partial charge in [-0.15, -0.1) is 11.3 Å². The normalized spacial score (nSPS) is 15.0. The Morgan fingerprint density at radius 2 is 2.09 bits per heavy atom. The van der Waals surface area contributed by atoms with E-state index in [2.05, 4.69) is 15.5 Å². The van der Waals surface area contributed by atoms with Crippen LogP contribution in [-0.2, 0) is 27.1 Å². The Morgan fingerprint density at radius 3 is 2.84 bits per heavy atom. The fourth-order valence-electron chi connectivity index (χ4n) is 3.08. The van der Waals surface area contributed by atoms with E-state index in [9.17, 15) is 13.2 Å². The Bertz CT molecular complexity index is 1190. The van der Waals surface area contributed by atoms with Crippen molar-refractivity contribution >= 4 is 39.0 Å². The third-order valence-electron chi connectivity index (χ3n) is 4.67. The maximum Gasteiger partial charge on any atom is 0.254 e. The van der Waals surface area contributed by atoms with E-state index in [-0.39, 0.29) is 16.7 Å². The van der Waals surface area contributed by atoms with Crippen LogP contribution in [0.5, 0.6) is 0 Å². The summed E-state index contributed by atoms with van der Waals surface area (Å²) in [6, 6.07) is 8.57. The number of morpholine rings is 1. The third-order valence-corrected chi connectivity index (χ3v) is 9.16. The van der Waals surface area contributed by atoms with E-state index in [0.29, 0.717) is 42.6 Å². The molecule has 3 aromatic heterocycles. The zero-order valence-corrected chi connectivity index (χ0v) is 19.8. The molecule has 0 unspecified atom stereocenters. The third kappa shape index (κ3) is 5.38. The lowest BCUT2D eigenvalue weighted by molar-refractivity contribution is 0.0731. The van der Waals surface area contributed by atoms with Gasteiger partial charge in [-0.25, -0.2) is 13.4 Å². The summed E-state index contributed by atoms with van der Waals surface area (Å²) < 4.78 is 37.5. The number of pyridine rings is 1. The van der Waals surface area contributed by atoms with Crippen LogP contribution in [0.1, 0.15) is 26.7 Å². The van der Waals surface area contributed by atoms with Gasteiger partial charge in [0.05, 0.1) is 31.0 Å². The molecule has 9 nitrogen and oxygen atoms in total. The molecule has 4 rings (SSSR count). The molecule has 0 bridgehead atoms. The number of nitrogens with zero attached hydrogens (tertiary/aromatic N) is 3. The Labute approximate surface area is 194 Å². The average molecular weight is 495 g/mol. The molecule has 1 aliphatic rings. The second-order valence-electron chi connectivity index (χ2n) is 6.99. The fraction of sp³-hybridized carbons (Fsp3) is 0.350. The molecule has 1 fully saturated rings. The number of carbonyl (C=O) groups excluding carboxylic acids is 1. The summed E-state index contributed by atoms with van der Waals surface area (Å²) in [5, 5.41) is 7.40. The number of aromatic nitrogens is 2. The Kier molecular flexibility index (Phi) is 7.26. The van der Waals surface area contributed by atoms with E-state index in [1.54, 1.807) is 30.5 Å². The maximum atomic E-state index is 12.8. The van der Waals surface area contributed by atoms with Crippen LogP contribution in [0.15, 0.2) is 50.3 Å². The fourth-order valence-corrected chi connectivity index (χ4v) is 6.81. The molecule has 170 valence electrons. The minimum atomic E-state index is -3.54. The highest BCUT2D eigenvalue weighted by atomic mass is 32.2. The number of hydrogen-bond donors (Lipinski definition) is 1. The molecule has 0 saturated carbocycles. The molecule has 32 heavy (non-hydrogen) atoms. The molecule has 0 radical (unpaired) electrons. The minimum absolute atomic E-state index is 0.226. The first-order valence-corrected chi connectivity index (χ1v) is 13.1.